The lowest BCUT2D eigenvalue weighted by Crippen LogP contribution is -2.17. The summed E-state index contributed by atoms with van der Waals surface area (Å²) in [6, 6.07) is 7.97. The van der Waals surface area contributed by atoms with Gasteiger partial charge in [-0.2, -0.15) is 0 Å². The molecule has 9 heteroatoms. The minimum atomic E-state index is -2.44. The number of hydrogen-bond donors (Lipinski definition) is 3. The van der Waals surface area contributed by atoms with E-state index in [4.69, 9.17) is 0 Å². The van der Waals surface area contributed by atoms with Gasteiger partial charge in [0.2, 0.25) is 5.95 Å². The highest BCUT2D eigenvalue weighted by molar-refractivity contribution is 9.10. The Labute approximate surface area is 179 Å². The lowest BCUT2D eigenvalue weighted by molar-refractivity contribution is 0.155. The summed E-state index contributed by atoms with van der Waals surface area (Å²) in [5.74, 6) is 0.720. The number of alkyl halides is 2. The summed E-state index contributed by atoms with van der Waals surface area (Å²) in [4.78, 5) is 13.4. The van der Waals surface area contributed by atoms with Gasteiger partial charge in [-0.3, -0.25) is 4.98 Å². The number of nitrogens with one attached hydrogen (secondary N) is 3. The molecule has 0 aliphatic carbocycles. The first-order chi connectivity index (χ1) is 14.0. The number of thiophene rings is 1. The van der Waals surface area contributed by atoms with Crippen molar-refractivity contribution in [3.8, 4) is 0 Å². The number of halogens is 3. The van der Waals surface area contributed by atoms with E-state index in [1.54, 1.807) is 6.20 Å². The number of pyridine rings is 1. The Morgan fingerprint density at radius 2 is 2.07 bits per heavy atom. The molecular formula is C20H20BrF2N5S. The van der Waals surface area contributed by atoms with Crippen molar-refractivity contribution in [2.24, 2.45) is 0 Å². The second-order valence-corrected chi connectivity index (χ2v) is 8.64. The Morgan fingerprint density at radius 3 is 2.86 bits per heavy atom. The molecule has 0 spiro atoms. The monoisotopic (exact) mass is 479 g/mol. The molecule has 1 aromatic carbocycles. The van der Waals surface area contributed by atoms with E-state index in [1.165, 1.54) is 0 Å². The van der Waals surface area contributed by atoms with Gasteiger partial charge in [0.05, 0.1) is 15.9 Å². The Balaban J connectivity index is 1.28. The average molecular weight is 480 g/mol. The molecule has 0 amide bonds. The first-order valence-corrected chi connectivity index (χ1v) is 10.9. The molecule has 4 aromatic rings. The third-order valence-electron chi connectivity index (χ3n) is 4.73. The lowest BCUT2D eigenvalue weighted by atomic mass is 10.2. The molecular weight excluding hydrogens is 460 g/mol. The Morgan fingerprint density at radius 1 is 1.21 bits per heavy atom. The van der Waals surface area contributed by atoms with Gasteiger partial charge in [0.1, 0.15) is 5.52 Å². The highest BCUT2D eigenvalue weighted by atomic mass is 79.9. The molecule has 29 heavy (non-hydrogen) atoms. The van der Waals surface area contributed by atoms with Crippen LogP contribution in [0.25, 0.3) is 21.9 Å². The standard InChI is InChI=1S/C20H20BrF2N5S/c1-11-14(29-18(15(11)21)19(22)23)10-24-7-3-9-26-20-27-13-6-5-12-4-2-8-25-16(12)17(13)28-20/h2,4-6,8,19,24H,3,7,9-10H2,1H3,(H2,26,27,28). The van der Waals surface area contributed by atoms with Gasteiger partial charge in [0.15, 0.2) is 0 Å². The van der Waals surface area contributed by atoms with Crippen LogP contribution < -0.4 is 10.6 Å². The molecule has 3 N–H and O–H groups in total. The molecule has 152 valence electrons. The zero-order valence-electron chi connectivity index (χ0n) is 15.7. The zero-order valence-corrected chi connectivity index (χ0v) is 18.1. The van der Waals surface area contributed by atoms with Crippen molar-refractivity contribution >= 4 is 55.2 Å². The summed E-state index contributed by atoms with van der Waals surface area (Å²) >= 11 is 4.43. The van der Waals surface area contributed by atoms with Crippen LogP contribution in [0.4, 0.5) is 14.7 Å². The summed E-state index contributed by atoms with van der Waals surface area (Å²) in [6.07, 6.45) is 0.207. The number of fused-ring (bicyclic) bond motifs is 3. The van der Waals surface area contributed by atoms with Crippen LogP contribution in [0.3, 0.4) is 0 Å². The fraction of sp³-hybridized carbons (Fsp3) is 0.300. The molecule has 0 aliphatic rings. The van der Waals surface area contributed by atoms with Gasteiger partial charge in [-0.1, -0.05) is 12.1 Å². The molecule has 0 bridgehead atoms. The fourth-order valence-electron chi connectivity index (χ4n) is 3.19. The number of aromatic amines is 1. The van der Waals surface area contributed by atoms with Crippen LogP contribution in [0.1, 0.15) is 28.2 Å². The first-order valence-electron chi connectivity index (χ1n) is 9.28. The van der Waals surface area contributed by atoms with Crippen LogP contribution in [-0.4, -0.2) is 28.0 Å². The van der Waals surface area contributed by atoms with Gasteiger partial charge in [-0.05, 0) is 53.5 Å². The third-order valence-corrected chi connectivity index (χ3v) is 7.31. The van der Waals surface area contributed by atoms with E-state index in [0.717, 1.165) is 69.2 Å². The van der Waals surface area contributed by atoms with E-state index in [9.17, 15) is 8.78 Å². The molecule has 0 saturated carbocycles. The van der Waals surface area contributed by atoms with Gasteiger partial charge in [0.25, 0.3) is 6.43 Å². The van der Waals surface area contributed by atoms with Crippen molar-refractivity contribution in [3.63, 3.8) is 0 Å². The minimum absolute atomic E-state index is 0.105. The molecule has 0 radical (unpaired) electrons. The van der Waals surface area contributed by atoms with E-state index in [-0.39, 0.29) is 4.88 Å². The van der Waals surface area contributed by atoms with Gasteiger partial charge in [0, 0.05) is 34.0 Å². The van der Waals surface area contributed by atoms with Crippen molar-refractivity contribution in [2.45, 2.75) is 26.3 Å². The number of rotatable bonds is 8. The van der Waals surface area contributed by atoms with E-state index >= 15 is 0 Å². The van der Waals surface area contributed by atoms with Crippen LogP contribution in [0.2, 0.25) is 0 Å². The number of nitrogens with zero attached hydrogens (tertiary/aromatic N) is 2. The molecule has 3 heterocycles. The number of imidazole rings is 1. The number of aromatic nitrogens is 3. The molecule has 4 rings (SSSR count). The van der Waals surface area contributed by atoms with E-state index < -0.39 is 6.43 Å². The van der Waals surface area contributed by atoms with Gasteiger partial charge in [-0.25, -0.2) is 13.8 Å². The molecule has 3 aromatic heterocycles. The molecule has 0 aliphatic heterocycles. The predicted molar refractivity (Wildman–Crippen MR) is 118 cm³/mol. The number of anilines is 1. The van der Waals surface area contributed by atoms with E-state index in [1.807, 2.05) is 31.2 Å². The Bertz CT molecular complexity index is 1140. The maximum atomic E-state index is 13.0. The number of H-pyrrole nitrogens is 1. The zero-order chi connectivity index (χ0) is 20.4. The third kappa shape index (κ3) is 4.26. The SMILES string of the molecule is Cc1c(CNCCCNc2nc3c(ccc4cccnc43)[nH]2)sc(C(F)F)c1Br. The van der Waals surface area contributed by atoms with E-state index in [0.29, 0.717) is 11.0 Å². The first kappa shape index (κ1) is 20.2. The molecule has 0 atom stereocenters. The van der Waals surface area contributed by atoms with Crippen LogP contribution in [0.15, 0.2) is 34.9 Å². The van der Waals surface area contributed by atoms with Crippen LogP contribution >= 0.6 is 27.3 Å². The lowest BCUT2D eigenvalue weighted by Gasteiger charge is -2.05. The summed E-state index contributed by atoms with van der Waals surface area (Å²) in [5.41, 5.74) is 3.58. The van der Waals surface area contributed by atoms with Crippen LogP contribution in [-0.2, 0) is 6.54 Å². The Kier molecular flexibility index (Phi) is 6.07. The van der Waals surface area contributed by atoms with Crippen molar-refractivity contribution in [2.75, 3.05) is 18.4 Å². The summed E-state index contributed by atoms with van der Waals surface area (Å²) < 4.78 is 26.5. The van der Waals surface area contributed by atoms with Crippen molar-refractivity contribution in [1.29, 1.82) is 0 Å². The van der Waals surface area contributed by atoms with Gasteiger partial charge in [-0.15, -0.1) is 11.3 Å². The van der Waals surface area contributed by atoms with Crippen LogP contribution in [0.5, 0.6) is 0 Å². The maximum absolute atomic E-state index is 13.0. The second kappa shape index (κ2) is 8.73. The smallest absolute Gasteiger partial charge is 0.273 e. The largest absolute Gasteiger partial charge is 0.356 e. The topological polar surface area (TPSA) is 65.6 Å². The maximum Gasteiger partial charge on any atom is 0.273 e. The normalized spacial score (nSPS) is 11.8. The molecule has 0 fully saturated rings. The summed E-state index contributed by atoms with van der Waals surface area (Å²) in [7, 11) is 0. The molecule has 0 saturated heterocycles. The predicted octanol–water partition coefficient (Wildman–Crippen LogP) is 5.77. The fourth-order valence-corrected chi connectivity index (χ4v) is 5.00. The minimum Gasteiger partial charge on any atom is -0.356 e. The van der Waals surface area contributed by atoms with Crippen LogP contribution in [0, 0.1) is 6.92 Å². The van der Waals surface area contributed by atoms with Gasteiger partial charge < -0.3 is 15.6 Å². The molecule has 0 unspecified atom stereocenters. The highest BCUT2D eigenvalue weighted by Gasteiger charge is 2.19. The number of hydrogen-bond acceptors (Lipinski definition) is 5. The molecule has 5 nitrogen and oxygen atoms in total. The Hall–Kier alpha value is -2.10. The summed E-state index contributed by atoms with van der Waals surface area (Å²) in [5, 5.41) is 7.68. The van der Waals surface area contributed by atoms with Crippen molar-refractivity contribution < 1.29 is 8.78 Å². The quantitative estimate of drug-likeness (QED) is 0.280. The average Bonchev–Trinajstić information content (AvgIpc) is 3.26. The number of benzene rings is 1. The van der Waals surface area contributed by atoms with Crippen molar-refractivity contribution in [1.82, 2.24) is 20.3 Å². The van der Waals surface area contributed by atoms with E-state index in [2.05, 4.69) is 41.5 Å². The summed E-state index contributed by atoms with van der Waals surface area (Å²) in [6.45, 7) is 3.97. The van der Waals surface area contributed by atoms with Crippen molar-refractivity contribution in [3.05, 3.63) is 50.3 Å². The highest BCUT2D eigenvalue weighted by Crippen LogP contribution is 2.38. The second-order valence-electron chi connectivity index (χ2n) is 6.71. The van der Waals surface area contributed by atoms with Gasteiger partial charge >= 0.3 is 0 Å².